The molecule has 6 heteroatoms. The Morgan fingerprint density at radius 3 is 2.50 bits per heavy atom. The van der Waals surface area contributed by atoms with Gasteiger partial charge in [-0.1, -0.05) is 0 Å². The molecule has 0 radical (unpaired) electrons. The smallest absolute Gasteiger partial charge is 0.431 e. The monoisotopic (exact) mass is 257 g/mol. The molecule has 2 aromatic rings. The lowest BCUT2D eigenvalue weighted by Gasteiger charge is -2.06. The summed E-state index contributed by atoms with van der Waals surface area (Å²) in [7, 11) is 1.32. The Labute approximate surface area is 101 Å². The van der Waals surface area contributed by atoms with Crippen LogP contribution in [0.25, 0.3) is 10.9 Å². The summed E-state index contributed by atoms with van der Waals surface area (Å²) in [4.78, 5) is 13.2. The van der Waals surface area contributed by atoms with Gasteiger partial charge in [-0.15, -0.1) is 0 Å². The number of aldehydes is 1. The Hall–Kier alpha value is -1.98. The van der Waals surface area contributed by atoms with Crippen LogP contribution in [-0.2, 0) is 6.18 Å². The average Bonchev–Trinajstić information content (AvgIpc) is 2.73. The maximum Gasteiger partial charge on any atom is 0.431 e. The van der Waals surface area contributed by atoms with Gasteiger partial charge in [-0.3, -0.25) is 4.79 Å². The van der Waals surface area contributed by atoms with Gasteiger partial charge >= 0.3 is 6.18 Å². The first kappa shape index (κ1) is 12.5. The summed E-state index contributed by atoms with van der Waals surface area (Å²) >= 11 is 0. The third-order valence-electron chi connectivity index (χ3n) is 2.73. The van der Waals surface area contributed by atoms with E-state index in [4.69, 9.17) is 4.74 Å². The molecule has 0 amide bonds. The molecule has 1 aromatic heterocycles. The van der Waals surface area contributed by atoms with Crippen molar-refractivity contribution >= 4 is 17.2 Å². The highest BCUT2D eigenvalue weighted by molar-refractivity contribution is 5.97. The van der Waals surface area contributed by atoms with Gasteiger partial charge in [0.05, 0.1) is 18.2 Å². The minimum absolute atomic E-state index is 0.150. The zero-order valence-corrected chi connectivity index (χ0v) is 9.68. The van der Waals surface area contributed by atoms with Crippen molar-refractivity contribution in [1.29, 1.82) is 0 Å². The second-order valence-electron chi connectivity index (χ2n) is 3.90. The van der Waals surface area contributed by atoms with Gasteiger partial charge in [0.15, 0.2) is 6.29 Å². The van der Waals surface area contributed by atoms with E-state index in [9.17, 15) is 18.0 Å². The van der Waals surface area contributed by atoms with Crippen LogP contribution in [0.4, 0.5) is 13.2 Å². The molecule has 0 bridgehead atoms. The van der Waals surface area contributed by atoms with Crippen molar-refractivity contribution in [3.05, 3.63) is 29.0 Å². The maximum atomic E-state index is 12.6. The molecule has 0 atom stereocenters. The number of ether oxygens (including phenoxy) is 1. The van der Waals surface area contributed by atoms with Gasteiger partial charge in [0, 0.05) is 5.39 Å². The number of carbonyl (C=O) groups is 1. The van der Waals surface area contributed by atoms with Crippen molar-refractivity contribution in [2.24, 2.45) is 0 Å². The first-order valence-corrected chi connectivity index (χ1v) is 5.11. The molecular formula is C12H10F3NO2. The molecule has 0 spiro atoms. The summed E-state index contributed by atoms with van der Waals surface area (Å²) < 4.78 is 42.9. The SMILES string of the molecule is COc1c(C=O)cc(C)c2[nH]c(C(F)(F)F)cc12. The highest BCUT2D eigenvalue weighted by Crippen LogP contribution is 2.37. The molecule has 0 saturated carbocycles. The van der Waals surface area contributed by atoms with E-state index in [0.29, 0.717) is 17.4 Å². The van der Waals surface area contributed by atoms with Gasteiger partial charge < -0.3 is 9.72 Å². The Balaban J connectivity index is 2.82. The van der Waals surface area contributed by atoms with E-state index in [2.05, 4.69) is 4.98 Å². The Morgan fingerprint density at radius 2 is 2.00 bits per heavy atom. The minimum atomic E-state index is -4.46. The lowest BCUT2D eigenvalue weighted by Crippen LogP contribution is -2.04. The van der Waals surface area contributed by atoms with Crippen LogP contribution in [0.2, 0.25) is 0 Å². The number of aromatic nitrogens is 1. The number of H-pyrrole nitrogens is 1. The van der Waals surface area contributed by atoms with Crippen molar-refractivity contribution < 1.29 is 22.7 Å². The van der Waals surface area contributed by atoms with E-state index in [-0.39, 0.29) is 16.7 Å². The fourth-order valence-electron chi connectivity index (χ4n) is 1.94. The number of hydrogen-bond donors (Lipinski definition) is 1. The largest absolute Gasteiger partial charge is 0.495 e. The van der Waals surface area contributed by atoms with Crippen LogP contribution in [0.1, 0.15) is 21.6 Å². The van der Waals surface area contributed by atoms with Crippen molar-refractivity contribution in [2.45, 2.75) is 13.1 Å². The van der Waals surface area contributed by atoms with Gasteiger partial charge in [0.2, 0.25) is 0 Å². The lowest BCUT2D eigenvalue weighted by molar-refractivity contribution is -0.140. The number of aryl methyl sites for hydroxylation is 1. The summed E-state index contributed by atoms with van der Waals surface area (Å²) in [5.74, 6) is 0.150. The number of benzene rings is 1. The molecule has 1 N–H and O–H groups in total. The zero-order valence-electron chi connectivity index (χ0n) is 9.68. The molecule has 0 aliphatic carbocycles. The van der Waals surface area contributed by atoms with Gasteiger partial charge in [0.25, 0.3) is 0 Å². The number of carbonyl (C=O) groups excluding carboxylic acids is 1. The number of nitrogens with one attached hydrogen (secondary N) is 1. The third kappa shape index (κ3) is 1.83. The molecular weight excluding hydrogens is 247 g/mol. The number of aromatic amines is 1. The topological polar surface area (TPSA) is 42.1 Å². The van der Waals surface area contributed by atoms with Crippen molar-refractivity contribution in [3.8, 4) is 5.75 Å². The van der Waals surface area contributed by atoms with Crippen LogP contribution in [0.3, 0.4) is 0 Å². The van der Waals surface area contributed by atoms with Crippen LogP contribution in [0, 0.1) is 6.92 Å². The Kier molecular flexibility index (Phi) is 2.80. The number of rotatable bonds is 2. The van der Waals surface area contributed by atoms with Gasteiger partial charge in [-0.05, 0) is 24.6 Å². The first-order valence-electron chi connectivity index (χ1n) is 5.11. The van der Waals surface area contributed by atoms with Crippen LogP contribution in [0.5, 0.6) is 5.75 Å². The van der Waals surface area contributed by atoms with Crippen LogP contribution in [-0.4, -0.2) is 18.4 Å². The van der Waals surface area contributed by atoms with Gasteiger partial charge in [-0.25, -0.2) is 0 Å². The van der Waals surface area contributed by atoms with Crippen LogP contribution >= 0.6 is 0 Å². The molecule has 1 aromatic carbocycles. The Morgan fingerprint density at radius 1 is 1.33 bits per heavy atom. The van der Waals surface area contributed by atoms with E-state index in [1.807, 2.05) is 0 Å². The molecule has 96 valence electrons. The highest BCUT2D eigenvalue weighted by atomic mass is 19.4. The average molecular weight is 257 g/mol. The fourth-order valence-corrected chi connectivity index (χ4v) is 1.94. The maximum absolute atomic E-state index is 12.6. The van der Waals surface area contributed by atoms with E-state index in [1.165, 1.54) is 13.2 Å². The van der Waals surface area contributed by atoms with Crippen LogP contribution in [0.15, 0.2) is 12.1 Å². The summed E-state index contributed by atoms with van der Waals surface area (Å²) in [5.41, 5.74) is 0.255. The zero-order chi connectivity index (χ0) is 13.5. The minimum Gasteiger partial charge on any atom is -0.495 e. The van der Waals surface area contributed by atoms with E-state index in [1.54, 1.807) is 6.92 Å². The number of methoxy groups -OCH3 is 1. The molecule has 3 nitrogen and oxygen atoms in total. The summed E-state index contributed by atoms with van der Waals surface area (Å²) in [6.07, 6.45) is -3.90. The molecule has 0 aliphatic heterocycles. The standard InChI is InChI=1S/C12H10F3NO2/c1-6-3-7(5-17)11(18-2)8-4-9(12(13,14)15)16-10(6)8/h3-5,16H,1-2H3. The molecule has 18 heavy (non-hydrogen) atoms. The second kappa shape index (κ2) is 4.04. The van der Waals surface area contributed by atoms with Gasteiger partial charge in [-0.2, -0.15) is 13.2 Å². The second-order valence-corrected chi connectivity index (χ2v) is 3.90. The number of halogens is 3. The van der Waals surface area contributed by atoms with Gasteiger partial charge in [0.1, 0.15) is 11.4 Å². The van der Waals surface area contributed by atoms with Crippen LogP contribution < -0.4 is 4.74 Å². The normalized spacial score (nSPS) is 11.8. The van der Waals surface area contributed by atoms with Crippen molar-refractivity contribution in [3.63, 3.8) is 0 Å². The number of hydrogen-bond acceptors (Lipinski definition) is 2. The number of fused-ring (bicyclic) bond motifs is 1. The van der Waals surface area contributed by atoms with E-state index in [0.717, 1.165) is 6.07 Å². The molecule has 0 unspecified atom stereocenters. The predicted molar refractivity (Wildman–Crippen MR) is 60.0 cm³/mol. The Bertz CT molecular complexity index is 614. The fraction of sp³-hybridized carbons (Fsp3) is 0.250. The molecule has 0 saturated heterocycles. The lowest BCUT2D eigenvalue weighted by atomic mass is 10.1. The third-order valence-corrected chi connectivity index (χ3v) is 2.73. The summed E-state index contributed by atoms with van der Waals surface area (Å²) in [6.45, 7) is 1.63. The van der Waals surface area contributed by atoms with Crippen molar-refractivity contribution in [1.82, 2.24) is 4.98 Å². The highest BCUT2D eigenvalue weighted by Gasteiger charge is 2.33. The first-order chi connectivity index (χ1) is 8.38. The quantitative estimate of drug-likeness (QED) is 0.838. The molecule has 2 rings (SSSR count). The van der Waals surface area contributed by atoms with E-state index < -0.39 is 11.9 Å². The van der Waals surface area contributed by atoms with Crippen molar-refractivity contribution in [2.75, 3.05) is 7.11 Å². The summed E-state index contributed by atoms with van der Waals surface area (Å²) in [6, 6.07) is 2.44. The predicted octanol–water partition coefficient (Wildman–Crippen LogP) is 3.32. The van der Waals surface area contributed by atoms with E-state index >= 15 is 0 Å². The molecule has 0 fully saturated rings. The molecule has 1 heterocycles. The number of alkyl halides is 3. The molecule has 0 aliphatic rings. The summed E-state index contributed by atoms with van der Waals surface area (Å²) in [5, 5.41) is 0.256.